The largest absolute Gasteiger partial charge is 0.507 e. The third-order valence-electron chi connectivity index (χ3n) is 6.14. The second-order valence-electron chi connectivity index (χ2n) is 8.05. The van der Waals surface area contributed by atoms with Crippen molar-refractivity contribution >= 4 is 19.0 Å². The van der Waals surface area contributed by atoms with E-state index in [1.54, 1.807) is 6.07 Å². The highest BCUT2D eigenvalue weighted by atomic mass is 16.5. The number of nitrogens with zero attached hydrogens (tertiary/aromatic N) is 1. The molecule has 7 N–H and O–H groups in total. The molecule has 1 aromatic rings. The zero-order chi connectivity index (χ0) is 20.9. The van der Waals surface area contributed by atoms with E-state index in [1.807, 2.05) is 0 Å². The van der Waals surface area contributed by atoms with Gasteiger partial charge in [0.05, 0.1) is 6.04 Å². The minimum Gasteiger partial charge on any atom is -0.507 e. The molecule has 10 nitrogen and oxygen atoms in total. The molecule has 3 aliphatic rings. The number of benzene rings is 1. The van der Waals surface area contributed by atoms with Crippen LogP contribution in [0.4, 0.5) is 0 Å². The average Bonchev–Trinajstić information content (AvgIpc) is 3.26. The molecule has 1 aromatic carbocycles. The van der Waals surface area contributed by atoms with Gasteiger partial charge in [-0.2, -0.15) is 0 Å². The van der Waals surface area contributed by atoms with Crippen molar-refractivity contribution < 1.29 is 34.6 Å². The minimum atomic E-state index is -1.50. The molecule has 1 amide bonds. The van der Waals surface area contributed by atoms with E-state index in [0.717, 1.165) is 0 Å². The van der Waals surface area contributed by atoms with E-state index in [0.29, 0.717) is 38.0 Å². The molecule has 0 spiro atoms. The van der Waals surface area contributed by atoms with Crippen LogP contribution in [0.5, 0.6) is 11.5 Å². The lowest BCUT2D eigenvalue weighted by molar-refractivity contribution is -0.119. The van der Waals surface area contributed by atoms with Crippen molar-refractivity contribution in [3.8, 4) is 11.5 Å². The molecule has 4 rings (SSSR count). The summed E-state index contributed by atoms with van der Waals surface area (Å²) < 4.78 is 5.82. The highest BCUT2D eigenvalue weighted by molar-refractivity contribution is 6.44. The number of carbonyl (C=O) groups excluding carboxylic acids is 1. The minimum absolute atomic E-state index is 0.0877. The van der Waals surface area contributed by atoms with Gasteiger partial charge in [-0.15, -0.1) is 0 Å². The Morgan fingerprint density at radius 1 is 1.24 bits per heavy atom. The first-order valence-electron chi connectivity index (χ1n) is 9.65. The number of rotatable bonds is 7. The van der Waals surface area contributed by atoms with Crippen molar-refractivity contribution in [1.29, 1.82) is 0 Å². The average molecular weight is 405 g/mol. The molecule has 156 valence electrons. The number of carboxylic acids is 1. The van der Waals surface area contributed by atoms with E-state index in [2.05, 4.69) is 10.2 Å². The molecule has 0 aromatic heterocycles. The molecular weight excluding hydrogens is 381 g/mol. The van der Waals surface area contributed by atoms with Crippen LogP contribution in [0.2, 0.25) is 5.82 Å². The first-order valence-corrected chi connectivity index (χ1v) is 9.65. The van der Waals surface area contributed by atoms with Crippen molar-refractivity contribution in [2.45, 2.75) is 42.8 Å². The number of hydrogen-bond donors (Lipinski definition) is 6. The number of amides is 1. The fourth-order valence-electron chi connectivity index (χ4n) is 4.33. The molecule has 29 heavy (non-hydrogen) atoms. The lowest BCUT2D eigenvalue weighted by atomic mass is 9.81. The van der Waals surface area contributed by atoms with Gasteiger partial charge in [0, 0.05) is 31.5 Å². The Kier molecular flexibility index (Phi) is 5.15. The van der Waals surface area contributed by atoms with Crippen LogP contribution in [0, 0.1) is 0 Å². The Balaban J connectivity index is 1.40. The number of carbonyl (C=O) groups is 2. The van der Waals surface area contributed by atoms with Crippen LogP contribution in [0.3, 0.4) is 0 Å². The zero-order valence-electron chi connectivity index (χ0n) is 15.7. The number of nitrogens with two attached hydrogens (primary N) is 1. The highest BCUT2D eigenvalue weighted by Crippen LogP contribution is 2.56. The first-order chi connectivity index (χ1) is 13.8. The van der Waals surface area contributed by atoms with Gasteiger partial charge in [-0.05, 0) is 30.4 Å². The van der Waals surface area contributed by atoms with Crippen molar-refractivity contribution in [3.63, 3.8) is 0 Å². The van der Waals surface area contributed by atoms with E-state index in [1.165, 1.54) is 6.07 Å². The molecule has 0 radical (unpaired) electrons. The Morgan fingerprint density at radius 2 is 1.97 bits per heavy atom. The van der Waals surface area contributed by atoms with Gasteiger partial charge in [-0.1, -0.05) is 6.07 Å². The van der Waals surface area contributed by atoms with Crippen LogP contribution in [0.1, 0.15) is 34.7 Å². The maximum absolute atomic E-state index is 11.7. The molecule has 11 heteroatoms. The van der Waals surface area contributed by atoms with Crippen LogP contribution in [0.15, 0.2) is 12.1 Å². The summed E-state index contributed by atoms with van der Waals surface area (Å²) in [5.41, 5.74) is 5.40. The van der Waals surface area contributed by atoms with E-state index in [4.69, 9.17) is 10.5 Å². The zero-order valence-corrected chi connectivity index (χ0v) is 15.7. The van der Waals surface area contributed by atoms with Crippen molar-refractivity contribution in [1.82, 2.24) is 10.2 Å². The number of aromatic carboxylic acids is 1. The van der Waals surface area contributed by atoms with Crippen molar-refractivity contribution in [2.75, 3.05) is 19.6 Å². The summed E-state index contributed by atoms with van der Waals surface area (Å²) in [6.07, 6.45) is 0.889. The summed E-state index contributed by atoms with van der Waals surface area (Å²) in [6.45, 7) is 1.83. The molecule has 0 bridgehead atoms. The number of nitrogens with one attached hydrogen (secondary N) is 1. The lowest BCUT2D eigenvalue weighted by Gasteiger charge is -2.42. The Bertz CT molecular complexity index is 830. The number of hydrogen-bond acceptors (Lipinski definition) is 8. The number of carboxylic acid groups (broad SMARTS) is 1. The summed E-state index contributed by atoms with van der Waals surface area (Å²) in [4.78, 5) is 25.1. The van der Waals surface area contributed by atoms with Crippen molar-refractivity contribution in [2.24, 2.45) is 5.73 Å². The number of primary amides is 1. The Hall–Kier alpha value is -2.34. The molecule has 2 aliphatic heterocycles. The molecule has 4 atom stereocenters. The molecule has 2 saturated heterocycles. The third-order valence-corrected chi connectivity index (χ3v) is 6.14. The molecule has 1 saturated carbocycles. The van der Waals surface area contributed by atoms with Crippen LogP contribution < -0.4 is 15.8 Å². The summed E-state index contributed by atoms with van der Waals surface area (Å²) in [6, 6.07) is 2.95. The predicted molar refractivity (Wildman–Crippen MR) is 102 cm³/mol. The fourth-order valence-corrected chi connectivity index (χ4v) is 4.33. The van der Waals surface area contributed by atoms with Crippen molar-refractivity contribution in [3.05, 3.63) is 23.3 Å². The molecule has 1 aliphatic carbocycles. The van der Waals surface area contributed by atoms with Gasteiger partial charge in [0.25, 0.3) is 0 Å². The SMILES string of the molecule is NC(=O)[C@H]1C[C@H](N2CC(Oc3ccc([C@@H]4C[C@@H]4B(O)O)c(O)c3C(=O)O)C2)CN1. The second-order valence-corrected chi connectivity index (χ2v) is 8.05. The van der Waals surface area contributed by atoms with Crippen LogP contribution in [-0.4, -0.2) is 82.0 Å². The van der Waals surface area contributed by atoms with Gasteiger partial charge in [-0.3, -0.25) is 9.69 Å². The van der Waals surface area contributed by atoms with Gasteiger partial charge in [-0.25, -0.2) is 4.79 Å². The predicted octanol–water partition coefficient (Wildman–Crippen LogP) is -1.30. The standard InChI is InChI=1S/C18H24BN3O7/c20-17(24)13-3-8(5-21-13)22-6-9(7-22)29-14-2-1-10(11-4-12(11)19(27)28)16(23)15(14)18(25)26/h1-2,8-9,11-13,21,23,27-28H,3-7H2,(H2,20,24)(H,25,26)/t8-,11-,12-,13+/m0/s1. The fraction of sp³-hybridized carbons (Fsp3) is 0.556. The monoisotopic (exact) mass is 405 g/mol. The molecule has 0 unspecified atom stereocenters. The highest BCUT2D eigenvalue weighted by Gasteiger charge is 2.48. The smallest absolute Gasteiger partial charge is 0.455 e. The number of likely N-dealkylation sites (tertiary alicyclic amines) is 1. The second kappa shape index (κ2) is 7.49. The normalized spacial score (nSPS) is 29.3. The molecular formula is C18H24BN3O7. The van der Waals surface area contributed by atoms with E-state index < -0.39 is 18.9 Å². The van der Waals surface area contributed by atoms with Gasteiger partial charge >= 0.3 is 13.1 Å². The molecule has 2 heterocycles. The third kappa shape index (κ3) is 3.78. The van der Waals surface area contributed by atoms with Gasteiger partial charge in [0.1, 0.15) is 23.2 Å². The maximum atomic E-state index is 11.7. The van der Waals surface area contributed by atoms with Gasteiger partial charge in [0.2, 0.25) is 5.91 Å². The molecule has 3 fully saturated rings. The van der Waals surface area contributed by atoms with Crippen LogP contribution >= 0.6 is 0 Å². The summed E-state index contributed by atoms with van der Waals surface area (Å²) in [7, 11) is -1.50. The summed E-state index contributed by atoms with van der Waals surface area (Å²) in [5, 5.41) is 41.6. The Labute approximate surface area is 167 Å². The van der Waals surface area contributed by atoms with E-state index >= 15 is 0 Å². The lowest BCUT2D eigenvalue weighted by Crippen LogP contribution is -2.58. The van der Waals surface area contributed by atoms with Crippen LogP contribution in [0.25, 0.3) is 0 Å². The quantitative estimate of drug-likeness (QED) is 0.302. The maximum Gasteiger partial charge on any atom is 0.455 e. The number of ether oxygens (including phenoxy) is 1. The van der Waals surface area contributed by atoms with Gasteiger partial charge < -0.3 is 36.0 Å². The van der Waals surface area contributed by atoms with Gasteiger partial charge in [0.15, 0.2) is 0 Å². The summed E-state index contributed by atoms with van der Waals surface area (Å²) in [5.74, 6) is -2.66. The topological polar surface area (TPSA) is 166 Å². The summed E-state index contributed by atoms with van der Waals surface area (Å²) >= 11 is 0. The van der Waals surface area contributed by atoms with E-state index in [-0.39, 0.29) is 47.1 Å². The first kappa shape index (κ1) is 20.0. The number of phenols is 1. The van der Waals surface area contributed by atoms with E-state index in [9.17, 15) is 29.9 Å². The number of aromatic hydroxyl groups is 1. The Morgan fingerprint density at radius 3 is 2.52 bits per heavy atom. The van der Waals surface area contributed by atoms with Crippen LogP contribution in [-0.2, 0) is 4.79 Å².